The molecule has 32 heavy (non-hydrogen) atoms. The molecule has 166 valence electrons. The van der Waals surface area contributed by atoms with Gasteiger partial charge in [-0.05, 0) is 50.7 Å². The zero-order valence-electron chi connectivity index (χ0n) is 18.5. The molecule has 0 unspecified atom stereocenters. The second kappa shape index (κ2) is 7.15. The number of rotatable bonds is 2. The molecular formula is C23H26ClN7O. The van der Waals surface area contributed by atoms with Gasteiger partial charge in [-0.15, -0.1) is 0 Å². The first-order valence-electron chi connectivity index (χ1n) is 11.1. The maximum atomic E-state index is 6.74. The van der Waals surface area contributed by atoms with Gasteiger partial charge in [-0.25, -0.2) is 9.97 Å². The largest absolute Gasteiger partial charge is 0.378 e. The molecule has 0 radical (unpaired) electrons. The van der Waals surface area contributed by atoms with E-state index >= 15 is 0 Å². The summed E-state index contributed by atoms with van der Waals surface area (Å²) in [5.74, 6) is 0.922. The van der Waals surface area contributed by atoms with Gasteiger partial charge in [-0.1, -0.05) is 11.6 Å². The van der Waals surface area contributed by atoms with Crippen molar-refractivity contribution in [1.82, 2.24) is 29.9 Å². The Kier molecular flexibility index (Phi) is 4.45. The van der Waals surface area contributed by atoms with Crippen molar-refractivity contribution < 1.29 is 4.74 Å². The van der Waals surface area contributed by atoms with Crippen LogP contribution in [0.3, 0.4) is 0 Å². The summed E-state index contributed by atoms with van der Waals surface area (Å²) in [7, 11) is 1.89. The summed E-state index contributed by atoms with van der Waals surface area (Å²) in [6, 6.07) is 3.93. The fourth-order valence-electron chi connectivity index (χ4n) is 5.36. The fraction of sp³-hybridized carbons (Fsp3) is 0.478. The Labute approximate surface area is 190 Å². The van der Waals surface area contributed by atoms with Crippen LogP contribution >= 0.6 is 11.6 Å². The number of nitrogens with one attached hydrogen (secondary N) is 1. The molecular weight excluding hydrogens is 426 g/mol. The standard InChI is InChI=1S/C23H26ClN7O/c1-13-10-23(12-32-13)6-8-31(9-7-23)22-14(2)25-20-19(27-28-21(20)26-22)15-4-5-17-16(18(15)24)11-30(3)29-17/h4-5,11,13H,6-10,12H2,1-3H3,(H,26,27,28)/t13-/m0/s1. The van der Waals surface area contributed by atoms with E-state index in [-0.39, 0.29) is 0 Å². The number of piperidine rings is 1. The minimum atomic E-state index is 0.336. The molecule has 0 amide bonds. The molecule has 3 aromatic heterocycles. The van der Waals surface area contributed by atoms with Crippen LogP contribution in [0.2, 0.25) is 5.02 Å². The smallest absolute Gasteiger partial charge is 0.202 e. The quantitative estimate of drug-likeness (QED) is 0.490. The molecule has 5 heterocycles. The van der Waals surface area contributed by atoms with E-state index < -0.39 is 0 Å². The number of aryl methyl sites for hydroxylation is 2. The van der Waals surface area contributed by atoms with E-state index in [1.807, 2.05) is 32.3 Å². The summed E-state index contributed by atoms with van der Waals surface area (Å²) < 4.78 is 7.64. The fourth-order valence-corrected chi connectivity index (χ4v) is 5.66. The van der Waals surface area contributed by atoms with Crippen LogP contribution in [0, 0.1) is 12.3 Å². The van der Waals surface area contributed by atoms with E-state index in [1.54, 1.807) is 4.68 Å². The Balaban J connectivity index is 1.34. The van der Waals surface area contributed by atoms with Gasteiger partial charge in [-0.3, -0.25) is 9.78 Å². The molecule has 1 atom stereocenters. The van der Waals surface area contributed by atoms with Crippen LogP contribution in [-0.4, -0.2) is 55.7 Å². The van der Waals surface area contributed by atoms with Gasteiger partial charge in [0.1, 0.15) is 5.52 Å². The molecule has 1 spiro atoms. The summed E-state index contributed by atoms with van der Waals surface area (Å²) in [4.78, 5) is 12.2. The monoisotopic (exact) mass is 451 g/mol. The molecule has 2 fully saturated rings. The van der Waals surface area contributed by atoms with Gasteiger partial charge in [0, 0.05) is 37.3 Å². The Morgan fingerprint density at radius 1 is 1.22 bits per heavy atom. The lowest BCUT2D eigenvalue weighted by Crippen LogP contribution is -2.41. The average Bonchev–Trinajstić information content (AvgIpc) is 3.46. The highest BCUT2D eigenvalue weighted by atomic mass is 35.5. The first kappa shape index (κ1) is 19.9. The lowest BCUT2D eigenvalue weighted by Gasteiger charge is -2.39. The molecule has 0 aliphatic carbocycles. The van der Waals surface area contributed by atoms with Crippen LogP contribution in [0.5, 0.6) is 0 Å². The molecule has 2 aliphatic heterocycles. The highest BCUT2D eigenvalue weighted by molar-refractivity contribution is 6.38. The van der Waals surface area contributed by atoms with E-state index in [4.69, 9.17) is 26.3 Å². The third kappa shape index (κ3) is 3.08. The Morgan fingerprint density at radius 3 is 2.78 bits per heavy atom. The molecule has 1 aromatic carbocycles. The highest BCUT2D eigenvalue weighted by Gasteiger charge is 2.41. The number of H-pyrrole nitrogens is 1. The van der Waals surface area contributed by atoms with E-state index in [2.05, 4.69) is 27.1 Å². The lowest BCUT2D eigenvalue weighted by molar-refractivity contribution is 0.0976. The molecule has 0 saturated carbocycles. The van der Waals surface area contributed by atoms with Gasteiger partial charge in [0.15, 0.2) is 5.82 Å². The van der Waals surface area contributed by atoms with Gasteiger partial charge < -0.3 is 9.64 Å². The van der Waals surface area contributed by atoms with Crippen molar-refractivity contribution in [1.29, 1.82) is 0 Å². The zero-order chi connectivity index (χ0) is 22.0. The van der Waals surface area contributed by atoms with Crippen molar-refractivity contribution in [2.24, 2.45) is 12.5 Å². The number of benzene rings is 1. The predicted octanol–water partition coefficient (Wildman–Crippen LogP) is 4.26. The van der Waals surface area contributed by atoms with Gasteiger partial charge in [0.05, 0.1) is 34.6 Å². The highest BCUT2D eigenvalue weighted by Crippen LogP contribution is 2.43. The molecule has 1 N–H and O–H groups in total. The number of anilines is 1. The maximum Gasteiger partial charge on any atom is 0.202 e. The second-order valence-electron chi connectivity index (χ2n) is 9.38. The normalized spacial score (nSPS) is 20.8. The summed E-state index contributed by atoms with van der Waals surface area (Å²) in [6.07, 6.45) is 5.72. The van der Waals surface area contributed by atoms with Crippen LogP contribution < -0.4 is 4.90 Å². The third-order valence-corrected chi connectivity index (χ3v) is 7.47. The Hall–Kier alpha value is -2.71. The van der Waals surface area contributed by atoms with Crippen molar-refractivity contribution in [3.05, 3.63) is 29.0 Å². The van der Waals surface area contributed by atoms with Crippen molar-refractivity contribution in [3.8, 4) is 11.3 Å². The first-order valence-corrected chi connectivity index (χ1v) is 11.5. The zero-order valence-corrected chi connectivity index (χ0v) is 19.3. The SMILES string of the molecule is Cc1nc2c(-c3ccc4nn(C)cc4c3Cl)[nH]nc2nc1N1CCC2(CC1)CO[C@@H](C)C2. The van der Waals surface area contributed by atoms with Crippen LogP contribution in [0.1, 0.15) is 31.9 Å². The summed E-state index contributed by atoms with van der Waals surface area (Å²) in [5.41, 5.74) is 5.09. The number of fused-ring (bicyclic) bond motifs is 2. The number of hydrogen-bond acceptors (Lipinski definition) is 6. The van der Waals surface area contributed by atoms with Crippen LogP contribution in [0.25, 0.3) is 33.3 Å². The molecule has 8 nitrogen and oxygen atoms in total. The van der Waals surface area contributed by atoms with Crippen molar-refractivity contribution >= 4 is 39.5 Å². The van der Waals surface area contributed by atoms with E-state index in [1.165, 1.54) is 0 Å². The van der Waals surface area contributed by atoms with Crippen molar-refractivity contribution in [3.63, 3.8) is 0 Å². The topological polar surface area (TPSA) is 84.8 Å². The minimum absolute atomic E-state index is 0.336. The van der Waals surface area contributed by atoms with Crippen LogP contribution in [0.15, 0.2) is 18.3 Å². The third-order valence-electron chi connectivity index (χ3n) is 7.06. The number of nitrogens with zero attached hydrogens (tertiary/aromatic N) is 6. The van der Waals surface area contributed by atoms with Gasteiger partial charge in [0.2, 0.25) is 5.65 Å². The minimum Gasteiger partial charge on any atom is -0.378 e. The maximum absolute atomic E-state index is 6.74. The second-order valence-corrected chi connectivity index (χ2v) is 9.76. The van der Waals surface area contributed by atoms with E-state index in [0.29, 0.717) is 22.2 Å². The predicted molar refractivity (Wildman–Crippen MR) is 125 cm³/mol. The van der Waals surface area contributed by atoms with Crippen LogP contribution in [-0.2, 0) is 11.8 Å². The molecule has 6 rings (SSSR count). The number of hydrogen-bond donors (Lipinski definition) is 1. The van der Waals surface area contributed by atoms with Crippen LogP contribution in [0.4, 0.5) is 5.82 Å². The Morgan fingerprint density at radius 2 is 2.03 bits per heavy atom. The lowest BCUT2D eigenvalue weighted by atomic mass is 9.77. The number of aromatic nitrogens is 6. The van der Waals surface area contributed by atoms with Gasteiger partial charge in [-0.2, -0.15) is 10.2 Å². The summed E-state index contributed by atoms with van der Waals surface area (Å²) in [6.45, 7) is 7.03. The number of aromatic amines is 1. The molecule has 2 saturated heterocycles. The number of halogens is 1. The number of ether oxygens (including phenoxy) is 1. The first-order chi connectivity index (χ1) is 15.4. The van der Waals surface area contributed by atoms with Crippen molar-refractivity contribution in [2.75, 3.05) is 24.6 Å². The summed E-state index contributed by atoms with van der Waals surface area (Å²) in [5, 5.41) is 13.6. The molecule has 0 bridgehead atoms. The summed E-state index contributed by atoms with van der Waals surface area (Å²) >= 11 is 6.74. The van der Waals surface area contributed by atoms with E-state index in [0.717, 1.165) is 78.1 Å². The average molecular weight is 452 g/mol. The molecule has 9 heteroatoms. The van der Waals surface area contributed by atoms with Gasteiger partial charge in [0.25, 0.3) is 0 Å². The molecule has 4 aromatic rings. The van der Waals surface area contributed by atoms with E-state index in [9.17, 15) is 0 Å². The van der Waals surface area contributed by atoms with Crippen molar-refractivity contribution in [2.45, 2.75) is 39.2 Å². The molecule has 2 aliphatic rings. The Bertz CT molecular complexity index is 1340. The van der Waals surface area contributed by atoms with Gasteiger partial charge >= 0.3 is 0 Å².